The Morgan fingerprint density at radius 3 is 2.60 bits per heavy atom. The van der Waals surface area contributed by atoms with E-state index < -0.39 is 0 Å². The van der Waals surface area contributed by atoms with Gasteiger partial charge in [-0.15, -0.1) is 11.3 Å². The molecule has 3 nitrogen and oxygen atoms in total. The minimum absolute atomic E-state index is 0.715. The van der Waals surface area contributed by atoms with Gasteiger partial charge in [0.1, 0.15) is 17.4 Å². The number of fused-ring (bicyclic) bond motifs is 1. The summed E-state index contributed by atoms with van der Waals surface area (Å²) in [4.78, 5) is 7.03. The molecule has 0 aliphatic carbocycles. The standard InChI is InChI=1S/C21H24N2OS/c1-3-23(4-2)14-15-24-18-11-12-19-20(16-18)25-21(22-19)13-10-17-8-6-5-7-9-17/h5-13,16H,3-4,14-15H2,1-2H3/b13-10+. The molecule has 0 N–H and O–H groups in total. The fourth-order valence-corrected chi connectivity index (χ4v) is 3.55. The number of rotatable bonds is 8. The van der Waals surface area contributed by atoms with Crippen molar-refractivity contribution in [2.75, 3.05) is 26.2 Å². The van der Waals surface area contributed by atoms with E-state index in [9.17, 15) is 0 Å². The minimum atomic E-state index is 0.715. The molecular weight excluding hydrogens is 328 g/mol. The molecule has 0 radical (unpaired) electrons. The van der Waals surface area contributed by atoms with Gasteiger partial charge in [0.25, 0.3) is 0 Å². The van der Waals surface area contributed by atoms with Crippen molar-refractivity contribution in [2.24, 2.45) is 0 Å². The van der Waals surface area contributed by atoms with Crippen molar-refractivity contribution in [1.29, 1.82) is 0 Å². The molecule has 0 aliphatic rings. The van der Waals surface area contributed by atoms with E-state index in [4.69, 9.17) is 4.74 Å². The van der Waals surface area contributed by atoms with Crippen LogP contribution < -0.4 is 4.74 Å². The zero-order valence-corrected chi connectivity index (χ0v) is 15.6. The summed E-state index contributed by atoms with van der Waals surface area (Å²) in [7, 11) is 0. The van der Waals surface area contributed by atoms with Gasteiger partial charge in [-0.3, -0.25) is 0 Å². The lowest BCUT2D eigenvalue weighted by atomic mass is 10.2. The molecule has 0 fully saturated rings. The van der Waals surface area contributed by atoms with E-state index in [0.717, 1.165) is 40.6 Å². The van der Waals surface area contributed by atoms with Crippen molar-refractivity contribution >= 4 is 33.7 Å². The number of nitrogens with zero attached hydrogens (tertiary/aromatic N) is 2. The summed E-state index contributed by atoms with van der Waals surface area (Å²) in [6, 6.07) is 16.4. The number of thiazole rings is 1. The molecular formula is C21H24N2OS. The minimum Gasteiger partial charge on any atom is -0.492 e. The molecule has 0 amide bonds. The van der Waals surface area contributed by atoms with Crippen LogP contribution in [0.1, 0.15) is 24.4 Å². The van der Waals surface area contributed by atoms with Gasteiger partial charge in [-0.2, -0.15) is 0 Å². The molecule has 0 aliphatic heterocycles. The molecule has 4 heteroatoms. The summed E-state index contributed by atoms with van der Waals surface area (Å²) >= 11 is 1.69. The van der Waals surface area contributed by atoms with E-state index in [-0.39, 0.29) is 0 Å². The van der Waals surface area contributed by atoms with Crippen LogP contribution in [0.3, 0.4) is 0 Å². The largest absolute Gasteiger partial charge is 0.492 e. The van der Waals surface area contributed by atoms with Gasteiger partial charge in [0.05, 0.1) is 10.2 Å². The topological polar surface area (TPSA) is 25.4 Å². The maximum Gasteiger partial charge on any atom is 0.120 e. The molecule has 3 rings (SSSR count). The molecule has 0 saturated carbocycles. The monoisotopic (exact) mass is 352 g/mol. The van der Waals surface area contributed by atoms with Crippen molar-refractivity contribution in [1.82, 2.24) is 9.88 Å². The zero-order valence-electron chi connectivity index (χ0n) is 14.8. The summed E-state index contributed by atoms with van der Waals surface area (Å²) in [5.41, 5.74) is 2.20. The second kappa shape index (κ2) is 8.79. The molecule has 0 unspecified atom stereocenters. The third kappa shape index (κ3) is 4.91. The number of aromatic nitrogens is 1. The first-order valence-electron chi connectivity index (χ1n) is 8.77. The maximum atomic E-state index is 5.91. The molecule has 1 aromatic heterocycles. The highest BCUT2D eigenvalue weighted by Gasteiger charge is 2.04. The smallest absolute Gasteiger partial charge is 0.120 e. The molecule has 0 saturated heterocycles. The summed E-state index contributed by atoms with van der Waals surface area (Å²) in [5.74, 6) is 0.918. The lowest BCUT2D eigenvalue weighted by molar-refractivity contribution is 0.223. The molecule has 3 aromatic rings. The van der Waals surface area contributed by atoms with Crippen molar-refractivity contribution in [3.8, 4) is 5.75 Å². The number of hydrogen-bond acceptors (Lipinski definition) is 4. The van der Waals surface area contributed by atoms with E-state index in [1.807, 2.05) is 30.3 Å². The molecule has 25 heavy (non-hydrogen) atoms. The quantitative estimate of drug-likeness (QED) is 0.558. The van der Waals surface area contributed by atoms with Gasteiger partial charge < -0.3 is 9.64 Å². The molecule has 2 aromatic carbocycles. The first kappa shape index (κ1) is 17.6. The van der Waals surface area contributed by atoms with Gasteiger partial charge >= 0.3 is 0 Å². The zero-order chi connectivity index (χ0) is 17.5. The van der Waals surface area contributed by atoms with Crippen LogP contribution in [-0.2, 0) is 0 Å². The number of ether oxygens (including phenoxy) is 1. The van der Waals surface area contributed by atoms with E-state index >= 15 is 0 Å². The van der Waals surface area contributed by atoms with Crippen LogP contribution in [0.2, 0.25) is 0 Å². The summed E-state index contributed by atoms with van der Waals surface area (Å²) in [5, 5.41) is 1.01. The SMILES string of the molecule is CCN(CC)CCOc1ccc2nc(/C=C/c3ccccc3)sc2c1. The van der Waals surface area contributed by atoms with Gasteiger partial charge in [-0.25, -0.2) is 4.98 Å². The Labute approximate surface area is 153 Å². The Balaban J connectivity index is 1.66. The van der Waals surface area contributed by atoms with Crippen molar-refractivity contribution < 1.29 is 4.74 Å². The van der Waals surface area contributed by atoms with Gasteiger partial charge in [0.2, 0.25) is 0 Å². The molecule has 0 bridgehead atoms. The highest BCUT2D eigenvalue weighted by atomic mass is 32.1. The van der Waals surface area contributed by atoms with Gasteiger partial charge in [-0.05, 0) is 42.9 Å². The third-order valence-electron chi connectivity index (χ3n) is 4.17. The van der Waals surface area contributed by atoms with Crippen LogP contribution in [0.4, 0.5) is 0 Å². The average molecular weight is 353 g/mol. The third-order valence-corrected chi connectivity index (χ3v) is 5.15. The molecule has 130 valence electrons. The van der Waals surface area contributed by atoms with Crippen LogP contribution >= 0.6 is 11.3 Å². The Kier molecular flexibility index (Phi) is 6.20. The van der Waals surface area contributed by atoms with Crippen molar-refractivity contribution in [3.63, 3.8) is 0 Å². The maximum absolute atomic E-state index is 5.91. The average Bonchev–Trinajstić information content (AvgIpc) is 3.06. The van der Waals surface area contributed by atoms with Gasteiger partial charge in [0.15, 0.2) is 0 Å². The van der Waals surface area contributed by atoms with Crippen LogP contribution in [0, 0.1) is 0 Å². The van der Waals surface area contributed by atoms with Gasteiger partial charge in [0, 0.05) is 6.54 Å². The summed E-state index contributed by atoms with van der Waals surface area (Å²) in [6.07, 6.45) is 4.17. The Hall–Kier alpha value is -2.17. The predicted octanol–water partition coefficient (Wildman–Crippen LogP) is 5.19. The van der Waals surface area contributed by atoms with Crippen molar-refractivity contribution in [3.05, 3.63) is 59.1 Å². The lowest BCUT2D eigenvalue weighted by Gasteiger charge is -2.17. The predicted molar refractivity (Wildman–Crippen MR) is 108 cm³/mol. The van der Waals surface area contributed by atoms with Crippen LogP contribution in [0.15, 0.2) is 48.5 Å². The first-order chi connectivity index (χ1) is 12.3. The van der Waals surface area contributed by atoms with Gasteiger partial charge in [-0.1, -0.05) is 50.3 Å². The van der Waals surface area contributed by atoms with Crippen LogP contribution in [-0.4, -0.2) is 36.1 Å². The second-order valence-corrected chi connectivity index (χ2v) is 6.86. The highest BCUT2D eigenvalue weighted by Crippen LogP contribution is 2.27. The fraction of sp³-hybridized carbons (Fsp3) is 0.286. The number of hydrogen-bond donors (Lipinski definition) is 0. The number of likely N-dealkylation sites (N-methyl/N-ethyl adjacent to an activating group) is 1. The molecule has 1 heterocycles. The summed E-state index contributed by atoms with van der Waals surface area (Å²) < 4.78 is 7.07. The second-order valence-electron chi connectivity index (χ2n) is 5.80. The normalized spacial score (nSPS) is 11.6. The lowest BCUT2D eigenvalue weighted by Crippen LogP contribution is -2.27. The summed E-state index contributed by atoms with van der Waals surface area (Å²) in [6.45, 7) is 8.15. The van der Waals surface area contributed by atoms with Crippen molar-refractivity contribution in [2.45, 2.75) is 13.8 Å². The fourth-order valence-electron chi connectivity index (χ4n) is 2.65. The Morgan fingerprint density at radius 2 is 1.84 bits per heavy atom. The van der Waals surface area contributed by atoms with E-state index in [1.165, 1.54) is 5.56 Å². The van der Waals surface area contributed by atoms with Crippen LogP contribution in [0.25, 0.3) is 22.4 Å². The number of benzene rings is 2. The Morgan fingerprint density at radius 1 is 1.04 bits per heavy atom. The molecule has 0 spiro atoms. The molecule has 0 atom stereocenters. The van der Waals surface area contributed by atoms with Crippen LogP contribution in [0.5, 0.6) is 5.75 Å². The van der Waals surface area contributed by atoms with E-state index in [1.54, 1.807) is 11.3 Å². The van der Waals surface area contributed by atoms with E-state index in [0.29, 0.717) is 6.61 Å². The highest BCUT2D eigenvalue weighted by molar-refractivity contribution is 7.19. The van der Waals surface area contributed by atoms with E-state index in [2.05, 4.69) is 54.1 Å². The Bertz CT molecular complexity index is 822. The first-order valence-corrected chi connectivity index (χ1v) is 9.59.